The minimum Gasteiger partial charge on any atom is -0.352 e. The van der Waals surface area contributed by atoms with E-state index in [1.54, 1.807) is 0 Å². The number of hydrogen-bond acceptors (Lipinski definition) is 2. The van der Waals surface area contributed by atoms with Crippen LogP contribution in [0.4, 0.5) is 0 Å². The van der Waals surface area contributed by atoms with Crippen molar-refractivity contribution in [2.24, 2.45) is 0 Å². The van der Waals surface area contributed by atoms with Gasteiger partial charge in [0.15, 0.2) is 0 Å². The van der Waals surface area contributed by atoms with Gasteiger partial charge in [-0.2, -0.15) is 0 Å². The smallest absolute Gasteiger partial charge is 0.252 e. The number of nitrogens with one attached hydrogen (secondary N) is 1. The van der Waals surface area contributed by atoms with E-state index in [1.165, 1.54) is 20.5 Å². The second-order valence-electron chi connectivity index (χ2n) is 5.13. The van der Waals surface area contributed by atoms with Gasteiger partial charge in [-0.1, -0.05) is 30.3 Å². The molecule has 112 valence electrons. The first kappa shape index (κ1) is 15.3. The molecule has 2 nitrogen and oxygen atoms in total. The Labute approximate surface area is 142 Å². The van der Waals surface area contributed by atoms with Crippen LogP contribution >= 0.6 is 27.3 Å². The minimum atomic E-state index is -0.0359. The Balaban J connectivity index is 1.66. The lowest BCUT2D eigenvalue weighted by Gasteiger charge is -2.06. The summed E-state index contributed by atoms with van der Waals surface area (Å²) >= 11 is 5.22. The number of benzene rings is 2. The highest BCUT2D eigenvalue weighted by molar-refractivity contribution is 9.10. The van der Waals surface area contributed by atoms with E-state index in [0.717, 1.165) is 10.9 Å². The molecule has 3 aromatic rings. The Bertz CT molecular complexity index is 825. The number of fused-ring (bicyclic) bond motifs is 1. The Kier molecular flexibility index (Phi) is 4.60. The second kappa shape index (κ2) is 6.63. The van der Waals surface area contributed by atoms with Gasteiger partial charge in [-0.15, -0.1) is 11.3 Å². The molecule has 1 heterocycles. The van der Waals surface area contributed by atoms with E-state index < -0.39 is 0 Å². The van der Waals surface area contributed by atoms with Gasteiger partial charge >= 0.3 is 0 Å². The number of thiophene rings is 1. The number of carbonyl (C=O) groups is 1. The summed E-state index contributed by atoms with van der Waals surface area (Å²) in [7, 11) is 0. The lowest BCUT2D eigenvalue weighted by atomic mass is 10.1. The van der Waals surface area contributed by atoms with E-state index in [0.29, 0.717) is 12.1 Å². The summed E-state index contributed by atoms with van der Waals surface area (Å²) in [5.74, 6) is -0.0359. The quantitative estimate of drug-likeness (QED) is 0.688. The lowest BCUT2D eigenvalue weighted by Crippen LogP contribution is -2.25. The molecule has 22 heavy (non-hydrogen) atoms. The third-order valence-electron chi connectivity index (χ3n) is 3.70. The van der Waals surface area contributed by atoms with Gasteiger partial charge in [-0.3, -0.25) is 4.79 Å². The van der Waals surface area contributed by atoms with Gasteiger partial charge in [-0.25, -0.2) is 0 Å². The van der Waals surface area contributed by atoms with Gasteiger partial charge in [0.2, 0.25) is 0 Å². The molecule has 0 aliphatic rings. The van der Waals surface area contributed by atoms with Crippen LogP contribution in [0.25, 0.3) is 10.1 Å². The summed E-state index contributed by atoms with van der Waals surface area (Å²) in [6, 6.07) is 15.9. The highest BCUT2D eigenvalue weighted by Gasteiger charge is 2.10. The van der Waals surface area contributed by atoms with Gasteiger partial charge in [0, 0.05) is 20.6 Å². The summed E-state index contributed by atoms with van der Waals surface area (Å²) in [4.78, 5) is 13.5. The van der Waals surface area contributed by atoms with Crippen molar-refractivity contribution in [1.82, 2.24) is 5.32 Å². The van der Waals surface area contributed by atoms with Gasteiger partial charge in [-0.05, 0) is 58.4 Å². The molecule has 0 spiro atoms. The van der Waals surface area contributed by atoms with Crippen LogP contribution in [0.3, 0.4) is 0 Å². The van der Waals surface area contributed by atoms with Crippen molar-refractivity contribution in [3.8, 4) is 0 Å². The molecule has 0 aliphatic carbocycles. The average molecular weight is 374 g/mol. The van der Waals surface area contributed by atoms with Crippen molar-refractivity contribution in [3.05, 3.63) is 69.0 Å². The summed E-state index contributed by atoms with van der Waals surface area (Å²) < 4.78 is 2.14. The first-order chi connectivity index (χ1) is 10.7. The zero-order chi connectivity index (χ0) is 15.5. The molecule has 0 atom stereocenters. The standard InChI is InChI=1S/C18H16BrNOS/c1-12-13-6-3-5-9-17(13)22-16(12)10-11-20-18(21)14-7-2-4-8-15(14)19/h2-9H,10-11H2,1H3,(H,20,21). The fourth-order valence-corrected chi connectivity index (χ4v) is 4.17. The molecule has 0 aliphatic heterocycles. The second-order valence-corrected chi connectivity index (χ2v) is 7.12. The largest absolute Gasteiger partial charge is 0.352 e. The summed E-state index contributed by atoms with van der Waals surface area (Å²) in [6.45, 7) is 2.80. The van der Waals surface area contributed by atoms with Gasteiger partial charge < -0.3 is 5.32 Å². The Morgan fingerprint density at radius 3 is 2.64 bits per heavy atom. The SMILES string of the molecule is Cc1c(CCNC(=O)c2ccccc2Br)sc2ccccc12. The lowest BCUT2D eigenvalue weighted by molar-refractivity contribution is 0.0953. The molecule has 1 amide bonds. The highest BCUT2D eigenvalue weighted by Crippen LogP contribution is 2.30. The summed E-state index contributed by atoms with van der Waals surface area (Å²) in [5.41, 5.74) is 2.01. The van der Waals surface area contributed by atoms with E-state index in [9.17, 15) is 4.79 Å². The van der Waals surface area contributed by atoms with E-state index in [1.807, 2.05) is 35.6 Å². The molecule has 0 saturated carbocycles. The van der Waals surface area contributed by atoms with Crippen molar-refractivity contribution in [3.63, 3.8) is 0 Å². The number of aryl methyl sites for hydroxylation is 1. The third kappa shape index (κ3) is 3.08. The van der Waals surface area contributed by atoms with E-state index in [4.69, 9.17) is 0 Å². The summed E-state index contributed by atoms with van der Waals surface area (Å²) in [6.07, 6.45) is 0.862. The maximum atomic E-state index is 12.2. The van der Waals surface area contributed by atoms with Gasteiger partial charge in [0.1, 0.15) is 0 Å². The number of amides is 1. The Hall–Kier alpha value is -1.65. The maximum Gasteiger partial charge on any atom is 0.252 e. The predicted octanol–water partition coefficient (Wildman–Crippen LogP) is 4.94. The zero-order valence-corrected chi connectivity index (χ0v) is 14.6. The zero-order valence-electron chi connectivity index (χ0n) is 12.2. The third-order valence-corrected chi connectivity index (χ3v) is 5.72. The van der Waals surface area contributed by atoms with Gasteiger partial charge in [0.25, 0.3) is 5.91 Å². The molecule has 3 rings (SSSR count). The van der Waals surface area contributed by atoms with E-state index >= 15 is 0 Å². The first-order valence-electron chi connectivity index (χ1n) is 7.16. The van der Waals surface area contributed by atoms with E-state index in [-0.39, 0.29) is 5.91 Å². The predicted molar refractivity (Wildman–Crippen MR) is 96.7 cm³/mol. The number of hydrogen-bond donors (Lipinski definition) is 1. The monoisotopic (exact) mass is 373 g/mol. The average Bonchev–Trinajstić information content (AvgIpc) is 2.84. The number of carbonyl (C=O) groups excluding carboxylic acids is 1. The topological polar surface area (TPSA) is 29.1 Å². The molecule has 0 radical (unpaired) electrons. The van der Waals surface area contributed by atoms with E-state index in [2.05, 4.69) is 52.4 Å². The van der Waals surface area contributed by atoms with Crippen molar-refractivity contribution >= 4 is 43.3 Å². The molecule has 0 saturated heterocycles. The first-order valence-corrected chi connectivity index (χ1v) is 8.77. The maximum absolute atomic E-state index is 12.2. The number of rotatable bonds is 4. The van der Waals surface area contributed by atoms with Crippen LogP contribution in [-0.4, -0.2) is 12.5 Å². The van der Waals surface area contributed by atoms with Crippen LogP contribution in [0.2, 0.25) is 0 Å². The van der Waals surface area contributed by atoms with Crippen LogP contribution in [0.1, 0.15) is 20.8 Å². The minimum absolute atomic E-state index is 0.0359. The highest BCUT2D eigenvalue weighted by atomic mass is 79.9. The van der Waals surface area contributed by atoms with Crippen LogP contribution in [0.15, 0.2) is 53.0 Å². The normalized spacial score (nSPS) is 10.8. The summed E-state index contributed by atoms with van der Waals surface area (Å²) in [5, 5.41) is 4.32. The Morgan fingerprint density at radius 2 is 1.86 bits per heavy atom. The fourth-order valence-electron chi connectivity index (χ4n) is 2.49. The molecular weight excluding hydrogens is 358 g/mol. The molecule has 0 unspecified atom stereocenters. The van der Waals surface area contributed by atoms with Crippen molar-refractivity contribution in [2.45, 2.75) is 13.3 Å². The molecule has 1 aromatic heterocycles. The number of halogens is 1. The van der Waals surface area contributed by atoms with Crippen LogP contribution in [-0.2, 0) is 6.42 Å². The van der Waals surface area contributed by atoms with Crippen LogP contribution in [0, 0.1) is 6.92 Å². The molecule has 2 aromatic carbocycles. The van der Waals surface area contributed by atoms with Crippen molar-refractivity contribution < 1.29 is 4.79 Å². The Morgan fingerprint density at radius 1 is 1.14 bits per heavy atom. The molecule has 4 heteroatoms. The van der Waals surface area contributed by atoms with Crippen LogP contribution in [0.5, 0.6) is 0 Å². The van der Waals surface area contributed by atoms with Crippen molar-refractivity contribution in [1.29, 1.82) is 0 Å². The van der Waals surface area contributed by atoms with Gasteiger partial charge in [0.05, 0.1) is 5.56 Å². The molecule has 1 N–H and O–H groups in total. The fraction of sp³-hybridized carbons (Fsp3) is 0.167. The van der Waals surface area contributed by atoms with Crippen LogP contribution < -0.4 is 5.32 Å². The van der Waals surface area contributed by atoms with Crippen molar-refractivity contribution in [2.75, 3.05) is 6.54 Å². The molecular formula is C18H16BrNOS. The molecule has 0 bridgehead atoms. The molecule has 0 fully saturated rings.